The molecule has 2 aliphatic heterocycles. The van der Waals surface area contributed by atoms with Crippen LogP contribution in [-0.4, -0.2) is 67.6 Å². The lowest BCUT2D eigenvalue weighted by Gasteiger charge is -2.28. The number of carbonyl (C=O) groups is 3. The van der Waals surface area contributed by atoms with Crippen molar-refractivity contribution in [3.63, 3.8) is 0 Å². The first kappa shape index (κ1) is 19.1. The van der Waals surface area contributed by atoms with Crippen LogP contribution in [0.3, 0.4) is 0 Å². The van der Waals surface area contributed by atoms with E-state index in [1.54, 1.807) is 0 Å². The van der Waals surface area contributed by atoms with Crippen molar-refractivity contribution >= 4 is 17.7 Å². The quantitative estimate of drug-likeness (QED) is 0.402. The first-order valence-corrected chi connectivity index (χ1v) is 10.0. The van der Waals surface area contributed by atoms with Crippen molar-refractivity contribution in [2.24, 2.45) is 5.92 Å². The topological polar surface area (TPSA) is 107 Å². The molecule has 3 fully saturated rings. The second-order valence-electron chi connectivity index (χ2n) is 7.69. The number of carbonyl (C=O) groups excluding carboxylic acids is 3. The monoisotopic (exact) mass is 366 g/mol. The van der Waals surface area contributed by atoms with Gasteiger partial charge in [-0.05, 0) is 25.7 Å². The molecular weight excluding hydrogens is 334 g/mol. The van der Waals surface area contributed by atoms with E-state index in [0.717, 1.165) is 58.4 Å². The second-order valence-corrected chi connectivity index (χ2v) is 7.69. The fraction of sp³-hybridized carbons (Fsp3) is 0.833. The van der Waals surface area contributed by atoms with Gasteiger partial charge >= 0.3 is 0 Å². The molecule has 3 amide bonds. The largest absolute Gasteiger partial charge is 0.356 e. The standard InChI is InChI=1S/C18H31N5O3/c24-16(20-8-3-10-23-11-9-19-12-23)7-6-15-18(26)21-14-5-2-1-4-13(14)17(25)22-15/h13-15,19H,1-12H2,(H,20,24)(H,21,26)(H,22,25)/p+1. The summed E-state index contributed by atoms with van der Waals surface area (Å²) in [4.78, 5) is 39.1. The highest BCUT2D eigenvalue weighted by molar-refractivity contribution is 5.92. The number of amides is 3. The minimum Gasteiger partial charge on any atom is -0.356 e. The minimum atomic E-state index is -0.598. The molecule has 2 saturated heterocycles. The molecule has 1 saturated carbocycles. The molecule has 3 aliphatic rings. The summed E-state index contributed by atoms with van der Waals surface area (Å²) in [5.41, 5.74) is 0. The zero-order chi connectivity index (χ0) is 18.4. The van der Waals surface area contributed by atoms with Crippen LogP contribution >= 0.6 is 0 Å². The molecule has 0 aromatic heterocycles. The van der Waals surface area contributed by atoms with Gasteiger partial charge in [0, 0.05) is 25.6 Å². The number of nitrogens with two attached hydrogens (primary N) is 1. The molecule has 3 atom stereocenters. The summed E-state index contributed by atoms with van der Waals surface area (Å²) in [7, 11) is 0. The molecule has 0 aromatic carbocycles. The van der Waals surface area contributed by atoms with E-state index in [9.17, 15) is 14.4 Å². The zero-order valence-corrected chi connectivity index (χ0v) is 15.5. The molecule has 8 heteroatoms. The highest BCUT2D eigenvalue weighted by Gasteiger charge is 2.38. The van der Waals surface area contributed by atoms with Crippen molar-refractivity contribution in [3.05, 3.63) is 0 Å². The molecule has 8 nitrogen and oxygen atoms in total. The van der Waals surface area contributed by atoms with E-state index in [4.69, 9.17) is 0 Å². The second kappa shape index (κ2) is 9.32. The van der Waals surface area contributed by atoms with E-state index < -0.39 is 6.04 Å². The molecule has 26 heavy (non-hydrogen) atoms. The van der Waals surface area contributed by atoms with Crippen molar-refractivity contribution in [2.45, 2.75) is 57.0 Å². The first-order chi connectivity index (χ1) is 12.6. The van der Waals surface area contributed by atoms with Gasteiger partial charge in [0.25, 0.3) is 0 Å². The maximum absolute atomic E-state index is 12.4. The van der Waals surface area contributed by atoms with Gasteiger partial charge < -0.3 is 21.3 Å². The lowest BCUT2D eigenvalue weighted by Crippen LogP contribution is -2.82. The Morgan fingerprint density at radius 2 is 2.04 bits per heavy atom. The van der Waals surface area contributed by atoms with E-state index in [1.165, 1.54) is 0 Å². The number of quaternary nitrogens is 1. The summed E-state index contributed by atoms with van der Waals surface area (Å²) in [6, 6.07) is -0.642. The van der Waals surface area contributed by atoms with Gasteiger partial charge in [0.05, 0.1) is 19.0 Å². The molecule has 3 rings (SSSR count). The van der Waals surface area contributed by atoms with Crippen LogP contribution in [0, 0.1) is 5.92 Å². The van der Waals surface area contributed by atoms with Gasteiger partial charge in [-0.15, -0.1) is 0 Å². The van der Waals surface area contributed by atoms with Crippen molar-refractivity contribution < 1.29 is 19.7 Å². The fourth-order valence-electron chi connectivity index (χ4n) is 4.18. The molecule has 146 valence electrons. The fourth-order valence-corrected chi connectivity index (χ4v) is 4.18. The van der Waals surface area contributed by atoms with E-state index in [-0.39, 0.29) is 36.1 Å². The summed E-state index contributed by atoms with van der Waals surface area (Å²) in [5, 5.41) is 11.0. The van der Waals surface area contributed by atoms with Gasteiger partial charge in [0.2, 0.25) is 17.7 Å². The Balaban J connectivity index is 1.36. The molecule has 0 aromatic rings. The Hall–Kier alpha value is -1.67. The first-order valence-electron chi connectivity index (χ1n) is 10.0. The van der Waals surface area contributed by atoms with Crippen LogP contribution < -0.4 is 21.3 Å². The van der Waals surface area contributed by atoms with Gasteiger partial charge in [-0.2, -0.15) is 0 Å². The Morgan fingerprint density at radius 3 is 2.85 bits per heavy atom. The molecule has 0 radical (unpaired) electrons. The number of hydrogen-bond donors (Lipinski definition) is 4. The van der Waals surface area contributed by atoms with E-state index >= 15 is 0 Å². The van der Waals surface area contributed by atoms with Crippen LogP contribution in [0.15, 0.2) is 0 Å². The van der Waals surface area contributed by atoms with Gasteiger partial charge in [-0.1, -0.05) is 12.8 Å². The number of nitrogens with one attached hydrogen (secondary N) is 3. The molecule has 5 N–H and O–H groups in total. The summed E-state index contributed by atoms with van der Waals surface area (Å²) in [6.45, 7) is 4.98. The van der Waals surface area contributed by atoms with E-state index in [1.807, 2.05) is 0 Å². The smallest absolute Gasteiger partial charge is 0.242 e. The Morgan fingerprint density at radius 1 is 1.19 bits per heavy atom. The van der Waals surface area contributed by atoms with Crippen LogP contribution in [0.2, 0.25) is 0 Å². The average Bonchev–Trinajstić information content (AvgIpc) is 3.11. The summed E-state index contributed by atoms with van der Waals surface area (Å²) in [5.74, 6) is -0.359. The molecule has 0 spiro atoms. The van der Waals surface area contributed by atoms with Crippen molar-refractivity contribution in [1.29, 1.82) is 0 Å². The average molecular weight is 366 g/mol. The number of fused-ring (bicyclic) bond motifs is 1. The lowest BCUT2D eigenvalue weighted by atomic mass is 9.84. The molecule has 2 heterocycles. The van der Waals surface area contributed by atoms with Crippen molar-refractivity contribution in [1.82, 2.24) is 20.9 Å². The predicted molar refractivity (Wildman–Crippen MR) is 95.9 cm³/mol. The highest BCUT2D eigenvalue weighted by atomic mass is 16.2. The van der Waals surface area contributed by atoms with Crippen LogP contribution in [0.25, 0.3) is 0 Å². The summed E-state index contributed by atoms with van der Waals surface area (Å²) in [6.07, 6.45) is 5.33. The van der Waals surface area contributed by atoms with Crippen molar-refractivity contribution in [3.8, 4) is 0 Å². The molecular formula is C18H32N5O3+. The third kappa shape index (κ3) is 5.17. The van der Waals surface area contributed by atoms with Crippen LogP contribution in [0.4, 0.5) is 0 Å². The van der Waals surface area contributed by atoms with Crippen LogP contribution in [-0.2, 0) is 14.4 Å². The van der Waals surface area contributed by atoms with Gasteiger partial charge in [0.15, 0.2) is 0 Å². The zero-order valence-electron chi connectivity index (χ0n) is 15.5. The van der Waals surface area contributed by atoms with E-state index in [2.05, 4.69) is 26.2 Å². The summed E-state index contributed by atoms with van der Waals surface area (Å²) >= 11 is 0. The third-order valence-corrected chi connectivity index (χ3v) is 5.73. The van der Waals surface area contributed by atoms with Gasteiger partial charge in [0.1, 0.15) is 12.7 Å². The third-order valence-electron chi connectivity index (χ3n) is 5.73. The Labute approximate surface area is 154 Å². The van der Waals surface area contributed by atoms with E-state index in [0.29, 0.717) is 13.0 Å². The molecule has 1 aliphatic carbocycles. The summed E-state index contributed by atoms with van der Waals surface area (Å²) < 4.78 is 0. The number of hydrogen-bond acceptors (Lipinski definition) is 4. The SMILES string of the molecule is O=C(CCC1NC(=O)C2CCCCC2NC1=O)NCCCN1CC[NH2+]C1. The molecule has 3 unspecified atom stereocenters. The Kier molecular flexibility index (Phi) is 6.85. The predicted octanol–water partition coefficient (Wildman–Crippen LogP) is -1.72. The number of rotatable bonds is 7. The maximum Gasteiger partial charge on any atom is 0.242 e. The lowest BCUT2D eigenvalue weighted by molar-refractivity contribution is -0.642. The Bertz CT molecular complexity index is 521. The van der Waals surface area contributed by atoms with Gasteiger partial charge in [-0.3, -0.25) is 19.3 Å². The highest BCUT2D eigenvalue weighted by Crippen LogP contribution is 2.26. The molecule has 0 bridgehead atoms. The maximum atomic E-state index is 12.4. The van der Waals surface area contributed by atoms with Crippen LogP contribution in [0.1, 0.15) is 44.9 Å². The number of nitrogens with zero attached hydrogens (tertiary/aromatic N) is 1. The minimum absolute atomic E-state index is 0.0409. The van der Waals surface area contributed by atoms with Crippen LogP contribution in [0.5, 0.6) is 0 Å². The van der Waals surface area contributed by atoms with Gasteiger partial charge in [-0.25, -0.2) is 0 Å². The normalized spacial score (nSPS) is 29.5. The van der Waals surface area contributed by atoms with Crippen molar-refractivity contribution in [2.75, 3.05) is 32.8 Å².